The Kier molecular flexibility index (Phi) is 5.68. The first-order chi connectivity index (χ1) is 9.04. The van der Waals surface area contributed by atoms with E-state index in [4.69, 9.17) is 11.2 Å². The van der Waals surface area contributed by atoms with Gasteiger partial charge in [0.2, 0.25) is 11.6 Å². The van der Waals surface area contributed by atoms with Gasteiger partial charge in [-0.05, 0) is 6.42 Å². The second kappa shape index (κ2) is 7.03. The number of rotatable bonds is 6. The standard InChI is InChI=1S/C14H14F4O/c1-3-5-6-7-8-19-14-12(17)10(15)9(4-2)11(16)13(14)18/h2H,3,5-8H2,1H3. The zero-order valence-corrected chi connectivity index (χ0v) is 10.5. The quantitative estimate of drug-likeness (QED) is 0.327. The summed E-state index contributed by atoms with van der Waals surface area (Å²) in [6, 6.07) is 0. The predicted molar refractivity (Wildman–Crippen MR) is 63.8 cm³/mol. The minimum absolute atomic E-state index is 0.0118. The van der Waals surface area contributed by atoms with E-state index in [9.17, 15) is 17.6 Å². The van der Waals surface area contributed by atoms with E-state index in [1.807, 2.05) is 6.92 Å². The van der Waals surface area contributed by atoms with E-state index in [-0.39, 0.29) is 6.61 Å². The highest BCUT2D eigenvalue weighted by Gasteiger charge is 2.25. The molecule has 0 unspecified atom stereocenters. The molecule has 0 atom stereocenters. The Morgan fingerprint density at radius 3 is 2.00 bits per heavy atom. The molecule has 5 heteroatoms. The number of ether oxygens (including phenoxy) is 1. The summed E-state index contributed by atoms with van der Waals surface area (Å²) >= 11 is 0. The minimum atomic E-state index is -1.61. The molecule has 0 fully saturated rings. The van der Waals surface area contributed by atoms with Gasteiger partial charge in [0.15, 0.2) is 17.4 Å². The van der Waals surface area contributed by atoms with Crippen LogP contribution in [-0.2, 0) is 0 Å². The lowest BCUT2D eigenvalue weighted by atomic mass is 10.1. The fourth-order valence-electron chi connectivity index (χ4n) is 1.57. The number of hydrogen-bond acceptors (Lipinski definition) is 1. The van der Waals surface area contributed by atoms with Crippen molar-refractivity contribution in [1.29, 1.82) is 0 Å². The molecular weight excluding hydrogens is 260 g/mol. The van der Waals surface area contributed by atoms with Gasteiger partial charge in [0.1, 0.15) is 5.56 Å². The number of halogens is 4. The summed E-state index contributed by atoms with van der Waals surface area (Å²) in [4.78, 5) is 0. The average Bonchev–Trinajstić information content (AvgIpc) is 2.40. The lowest BCUT2D eigenvalue weighted by Gasteiger charge is -2.10. The van der Waals surface area contributed by atoms with Crippen molar-refractivity contribution in [3.05, 3.63) is 28.8 Å². The smallest absolute Gasteiger partial charge is 0.205 e. The second-order valence-electron chi connectivity index (χ2n) is 4.01. The highest BCUT2D eigenvalue weighted by molar-refractivity contribution is 5.42. The van der Waals surface area contributed by atoms with E-state index in [0.29, 0.717) is 6.42 Å². The molecule has 0 aliphatic carbocycles. The monoisotopic (exact) mass is 274 g/mol. The van der Waals surface area contributed by atoms with Crippen LogP contribution in [-0.4, -0.2) is 6.61 Å². The molecule has 0 spiro atoms. The molecule has 0 aliphatic rings. The fraction of sp³-hybridized carbons (Fsp3) is 0.429. The first-order valence-corrected chi connectivity index (χ1v) is 5.99. The SMILES string of the molecule is C#Cc1c(F)c(F)c(OCCCCCC)c(F)c1F. The van der Waals surface area contributed by atoms with Gasteiger partial charge in [-0.1, -0.05) is 32.1 Å². The van der Waals surface area contributed by atoms with Crippen LogP contribution in [0.25, 0.3) is 0 Å². The van der Waals surface area contributed by atoms with E-state index in [1.165, 1.54) is 0 Å². The molecule has 0 aromatic heterocycles. The van der Waals surface area contributed by atoms with Gasteiger partial charge in [-0.2, -0.15) is 8.78 Å². The van der Waals surface area contributed by atoms with Gasteiger partial charge in [0.05, 0.1) is 6.61 Å². The molecule has 1 aromatic rings. The molecular formula is C14H14F4O. The summed E-state index contributed by atoms with van der Waals surface area (Å²) in [5.74, 6) is -5.88. The third kappa shape index (κ3) is 3.40. The van der Waals surface area contributed by atoms with E-state index < -0.39 is 34.6 Å². The van der Waals surface area contributed by atoms with Crippen molar-refractivity contribution in [1.82, 2.24) is 0 Å². The zero-order valence-electron chi connectivity index (χ0n) is 10.5. The van der Waals surface area contributed by atoms with Crippen LogP contribution in [0.3, 0.4) is 0 Å². The van der Waals surface area contributed by atoms with Gasteiger partial charge in [0.25, 0.3) is 0 Å². The van der Waals surface area contributed by atoms with Crippen molar-refractivity contribution in [2.24, 2.45) is 0 Å². The topological polar surface area (TPSA) is 9.23 Å². The van der Waals surface area contributed by atoms with Crippen molar-refractivity contribution in [3.63, 3.8) is 0 Å². The van der Waals surface area contributed by atoms with Crippen molar-refractivity contribution >= 4 is 0 Å². The molecule has 1 nitrogen and oxygen atoms in total. The minimum Gasteiger partial charge on any atom is -0.487 e. The molecule has 0 saturated heterocycles. The van der Waals surface area contributed by atoms with Crippen LogP contribution in [0.15, 0.2) is 0 Å². The molecule has 0 heterocycles. The molecule has 104 valence electrons. The first kappa shape index (κ1) is 15.4. The number of hydrogen-bond donors (Lipinski definition) is 0. The Morgan fingerprint density at radius 1 is 0.947 bits per heavy atom. The molecule has 0 bridgehead atoms. The summed E-state index contributed by atoms with van der Waals surface area (Å²) < 4.78 is 58.4. The fourth-order valence-corrected chi connectivity index (χ4v) is 1.57. The van der Waals surface area contributed by atoms with Crippen LogP contribution in [0.2, 0.25) is 0 Å². The maximum Gasteiger partial charge on any atom is 0.205 e. The molecule has 0 N–H and O–H groups in total. The van der Waals surface area contributed by atoms with E-state index >= 15 is 0 Å². The summed E-state index contributed by atoms with van der Waals surface area (Å²) in [5.41, 5.74) is -1.06. The van der Waals surface area contributed by atoms with Gasteiger partial charge >= 0.3 is 0 Å². The Bertz CT molecular complexity index is 462. The van der Waals surface area contributed by atoms with Crippen LogP contribution >= 0.6 is 0 Å². The summed E-state index contributed by atoms with van der Waals surface area (Å²) in [5, 5.41) is 0. The summed E-state index contributed by atoms with van der Waals surface area (Å²) in [6.45, 7) is 1.99. The van der Waals surface area contributed by atoms with Crippen molar-refractivity contribution in [3.8, 4) is 18.1 Å². The maximum atomic E-state index is 13.5. The van der Waals surface area contributed by atoms with E-state index in [0.717, 1.165) is 19.3 Å². The summed E-state index contributed by atoms with van der Waals surface area (Å²) in [7, 11) is 0. The van der Waals surface area contributed by atoms with E-state index in [1.54, 1.807) is 5.92 Å². The Labute approximate surface area is 109 Å². The highest BCUT2D eigenvalue weighted by Crippen LogP contribution is 2.29. The molecule has 19 heavy (non-hydrogen) atoms. The summed E-state index contributed by atoms with van der Waals surface area (Å²) in [6.07, 6.45) is 8.09. The van der Waals surface area contributed by atoms with Crippen LogP contribution in [0, 0.1) is 35.6 Å². The average molecular weight is 274 g/mol. The molecule has 1 aromatic carbocycles. The lowest BCUT2D eigenvalue weighted by molar-refractivity contribution is 0.263. The maximum absolute atomic E-state index is 13.5. The third-order valence-electron chi connectivity index (χ3n) is 2.61. The second-order valence-corrected chi connectivity index (χ2v) is 4.01. The lowest BCUT2D eigenvalue weighted by Crippen LogP contribution is -2.07. The molecule has 0 saturated carbocycles. The Hall–Kier alpha value is -1.70. The zero-order chi connectivity index (χ0) is 14.4. The Balaban J connectivity index is 2.88. The molecule has 1 rings (SSSR count). The third-order valence-corrected chi connectivity index (χ3v) is 2.61. The normalized spacial score (nSPS) is 10.3. The van der Waals surface area contributed by atoms with Gasteiger partial charge in [-0.25, -0.2) is 8.78 Å². The largest absolute Gasteiger partial charge is 0.487 e. The predicted octanol–water partition coefficient (Wildman–Crippen LogP) is 4.18. The molecule has 0 aliphatic heterocycles. The van der Waals surface area contributed by atoms with Crippen LogP contribution in [0.5, 0.6) is 5.75 Å². The van der Waals surface area contributed by atoms with Crippen molar-refractivity contribution in [2.75, 3.05) is 6.61 Å². The Morgan fingerprint density at radius 2 is 1.53 bits per heavy atom. The molecule has 0 amide bonds. The number of benzene rings is 1. The van der Waals surface area contributed by atoms with Crippen molar-refractivity contribution in [2.45, 2.75) is 32.6 Å². The van der Waals surface area contributed by atoms with Crippen LogP contribution in [0.1, 0.15) is 38.2 Å². The van der Waals surface area contributed by atoms with Crippen LogP contribution < -0.4 is 4.74 Å². The van der Waals surface area contributed by atoms with E-state index in [2.05, 4.69) is 0 Å². The first-order valence-electron chi connectivity index (χ1n) is 5.99. The molecule has 0 radical (unpaired) electrons. The van der Waals surface area contributed by atoms with Gasteiger partial charge in [0, 0.05) is 0 Å². The van der Waals surface area contributed by atoms with Crippen LogP contribution in [0.4, 0.5) is 17.6 Å². The number of unbranched alkanes of at least 4 members (excludes halogenated alkanes) is 3. The van der Waals surface area contributed by atoms with Gasteiger partial charge in [-0.15, -0.1) is 6.42 Å². The number of terminal acetylenes is 1. The van der Waals surface area contributed by atoms with Gasteiger partial charge < -0.3 is 4.74 Å². The van der Waals surface area contributed by atoms with Gasteiger partial charge in [-0.3, -0.25) is 0 Å². The highest BCUT2D eigenvalue weighted by atomic mass is 19.2. The van der Waals surface area contributed by atoms with Crippen molar-refractivity contribution < 1.29 is 22.3 Å².